The van der Waals surface area contributed by atoms with Crippen molar-refractivity contribution in [1.82, 2.24) is 10.3 Å². The van der Waals surface area contributed by atoms with Gasteiger partial charge in [-0.15, -0.1) is 0 Å². The Labute approximate surface area is 150 Å². The zero-order chi connectivity index (χ0) is 19.5. The van der Waals surface area contributed by atoms with Crippen LogP contribution >= 0.6 is 0 Å². The van der Waals surface area contributed by atoms with Gasteiger partial charge in [0.25, 0.3) is 5.56 Å². The molecule has 0 radical (unpaired) electrons. The van der Waals surface area contributed by atoms with Gasteiger partial charge in [0.1, 0.15) is 11.7 Å². The zero-order valence-corrected chi connectivity index (χ0v) is 15.2. The van der Waals surface area contributed by atoms with Crippen molar-refractivity contribution in [2.75, 3.05) is 6.54 Å². The number of benzene rings is 1. The third-order valence-corrected chi connectivity index (χ3v) is 3.70. The summed E-state index contributed by atoms with van der Waals surface area (Å²) in [5, 5.41) is 13.6. The van der Waals surface area contributed by atoms with E-state index in [1.807, 2.05) is 0 Å². The highest BCUT2D eigenvalue weighted by Gasteiger charge is 2.19. The van der Waals surface area contributed by atoms with Crippen molar-refractivity contribution in [2.24, 2.45) is 0 Å². The Kier molecular flexibility index (Phi) is 5.82. The number of nitrogens with one attached hydrogen (secondary N) is 2. The number of aryl methyl sites for hydroxylation is 1. The predicted octanol–water partition coefficient (Wildman–Crippen LogP) is 3.25. The summed E-state index contributed by atoms with van der Waals surface area (Å²) >= 11 is 0. The molecular weight excluding hydrogens is 339 g/mol. The number of pyridine rings is 1. The summed E-state index contributed by atoms with van der Waals surface area (Å²) < 4.78 is 18.3. The molecule has 1 amide bonds. The molecule has 1 aromatic heterocycles. The van der Waals surface area contributed by atoms with Crippen molar-refractivity contribution in [3.8, 4) is 0 Å². The lowest BCUT2D eigenvalue weighted by molar-refractivity contribution is 0.0529. The number of halogens is 1. The second-order valence-electron chi connectivity index (χ2n) is 7.07. The zero-order valence-electron chi connectivity index (χ0n) is 15.2. The van der Waals surface area contributed by atoms with E-state index in [1.165, 1.54) is 0 Å². The molecule has 0 saturated carbocycles. The fraction of sp³-hybridized carbons (Fsp3) is 0.368. The Hall–Kier alpha value is -2.67. The van der Waals surface area contributed by atoms with Gasteiger partial charge >= 0.3 is 6.09 Å². The standard InChI is InChI=1S/C19H23FN2O4/c1-11-7-13-8-12(5-6-15(13)22-17(11)24)16(23)14(9-20)10-21-18(25)26-19(2,3)4/h5-9,16,23H,10H2,1-4H3,(H,21,25)(H,22,24)/b14-9+. The Morgan fingerprint density at radius 2 is 2.08 bits per heavy atom. The van der Waals surface area contributed by atoms with Gasteiger partial charge < -0.3 is 20.1 Å². The molecule has 1 unspecified atom stereocenters. The molecule has 0 spiro atoms. The van der Waals surface area contributed by atoms with Crippen LogP contribution in [0.4, 0.5) is 9.18 Å². The Bertz CT molecular complexity index is 897. The van der Waals surface area contributed by atoms with E-state index in [0.717, 1.165) is 5.39 Å². The van der Waals surface area contributed by atoms with Crippen LogP contribution in [0.3, 0.4) is 0 Å². The van der Waals surface area contributed by atoms with Crippen molar-refractivity contribution in [2.45, 2.75) is 39.4 Å². The maximum Gasteiger partial charge on any atom is 0.407 e. The lowest BCUT2D eigenvalue weighted by atomic mass is 10.00. The summed E-state index contributed by atoms with van der Waals surface area (Å²) in [6.07, 6.45) is -1.67. The maximum atomic E-state index is 13.3. The number of amides is 1. The number of carbonyl (C=O) groups excluding carboxylic acids is 1. The molecule has 2 aromatic rings. The van der Waals surface area contributed by atoms with E-state index < -0.39 is 17.8 Å². The van der Waals surface area contributed by atoms with Gasteiger partial charge in [-0.25, -0.2) is 9.18 Å². The predicted molar refractivity (Wildman–Crippen MR) is 97.7 cm³/mol. The fourth-order valence-electron chi connectivity index (χ4n) is 2.40. The average Bonchev–Trinajstić information content (AvgIpc) is 2.54. The van der Waals surface area contributed by atoms with Crippen LogP contribution in [0.5, 0.6) is 0 Å². The molecule has 0 aliphatic carbocycles. The summed E-state index contributed by atoms with van der Waals surface area (Å²) in [5.74, 6) is 0. The molecule has 0 saturated heterocycles. The fourth-order valence-corrected chi connectivity index (χ4v) is 2.40. The second-order valence-corrected chi connectivity index (χ2v) is 7.07. The number of aliphatic hydroxyl groups excluding tert-OH is 1. The van der Waals surface area contributed by atoms with Gasteiger partial charge in [-0.1, -0.05) is 6.07 Å². The third kappa shape index (κ3) is 4.92. The van der Waals surface area contributed by atoms with Crippen LogP contribution in [0.15, 0.2) is 41.0 Å². The molecule has 6 nitrogen and oxygen atoms in total. The molecule has 0 fully saturated rings. The molecule has 7 heteroatoms. The third-order valence-electron chi connectivity index (χ3n) is 3.70. The van der Waals surface area contributed by atoms with E-state index in [9.17, 15) is 19.1 Å². The van der Waals surface area contributed by atoms with Crippen LogP contribution in [0.2, 0.25) is 0 Å². The summed E-state index contributed by atoms with van der Waals surface area (Å²) in [6, 6.07) is 6.60. The van der Waals surface area contributed by atoms with Gasteiger partial charge in [0.15, 0.2) is 0 Å². The van der Waals surface area contributed by atoms with E-state index in [-0.39, 0.29) is 24.0 Å². The SMILES string of the molecule is Cc1cc2cc(C(O)/C(=C/F)CNC(=O)OC(C)(C)C)ccc2[nH]c1=O. The van der Waals surface area contributed by atoms with Gasteiger partial charge in [0.05, 0.1) is 6.33 Å². The van der Waals surface area contributed by atoms with Gasteiger partial charge in [0.2, 0.25) is 0 Å². The van der Waals surface area contributed by atoms with Crippen molar-refractivity contribution >= 4 is 17.0 Å². The number of aromatic nitrogens is 1. The minimum absolute atomic E-state index is 0.0173. The molecule has 0 bridgehead atoms. The lowest BCUT2D eigenvalue weighted by Gasteiger charge is -2.21. The Balaban J connectivity index is 2.16. The maximum absolute atomic E-state index is 13.3. The average molecular weight is 362 g/mol. The first kappa shape index (κ1) is 19.7. The Morgan fingerprint density at radius 3 is 2.69 bits per heavy atom. The summed E-state index contributed by atoms with van der Waals surface area (Å²) in [4.78, 5) is 26.1. The lowest BCUT2D eigenvalue weighted by Crippen LogP contribution is -2.34. The first-order valence-corrected chi connectivity index (χ1v) is 8.18. The summed E-state index contributed by atoms with van der Waals surface area (Å²) in [7, 11) is 0. The molecule has 26 heavy (non-hydrogen) atoms. The normalized spacial score (nSPS) is 13.5. The molecule has 0 aliphatic heterocycles. The van der Waals surface area contributed by atoms with E-state index in [2.05, 4.69) is 10.3 Å². The van der Waals surface area contributed by atoms with Gasteiger partial charge in [-0.3, -0.25) is 4.79 Å². The van der Waals surface area contributed by atoms with Crippen LogP contribution in [-0.4, -0.2) is 28.3 Å². The van der Waals surface area contributed by atoms with Crippen LogP contribution < -0.4 is 10.9 Å². The van der Waals surface area contributed by atoms with Gasteiger partial charge in [-0.05, 0) is 56.8 Å². The molecule has 2 rings (SSSR count). The number of aromatic amines is 1. The van der Waals surface area contributed by atoms with Crippen molar-refractivity contribution in [3.63, 3.8) is 0 Å². The number of H-pyrrole nitrogens is 1. The number of ether oxygens (including phenoxy) is 1. The topological polar surface area (TPSA) is 91.4 Å². The highest BCUT2D eigenvalue weighted by Crippen LogP contribution is 2.24. The van der Waals surface area contributed by atoms with Crippen LogP contribution in [0.1, 0.15) is 38.0 Å². The number of alkyl carbamates (subject to hydrolysis) is 1. The van der Waals surface area contributed by atoms with Crippen molar-refractivity contribution in [1.29, 1.82) is 0 Å². The van der Waals surface area contributed by atoms with Crippen LogP contribution in [0, 0.1) is 6.92 Å². The largest absolute Gasteiger partial charge is 0.444 e. The molecule has 3 N–H and O–H groups in total. The number of rotatable bonds is 4. The quantitative estimate of drug-likeness (QED) is 0.779. The number of carbonyl (C=O) groups is 1. The number of hydrogen-bond donors (Lipinski definition) is 3. The van der Waals surface area contributed by atoms with E-state index in [4.69, 9.17) is 4.74 Å². The van der Waals surface area contributed by atoms with Crippen molar-refractivity contribution < 1.29 is 19.0 Å². The number of fused-ring (bicyclic) bond motifs is 1. The molecular formula is C19H23FN2O4. The minimum atomic E-state index is -1.24. The summed E-state index contributed by atoms with van der Waals surface area (Å²) in [5.41, 5.74) is 0.730. The molecule has 1 aromatic carbocycles. The number of aliphatic hydroxyl groups is 1. The van der Waals surface area contributed by atoms with Gasteiger partial charge in [0, 0.05) is 23.2 Å². The van der Waals surface area contributed by atoms with Crippen LogP contribution in [-0.2, 0) is 4.74 Å². The summed E-state index contributed by atoms with van der Waals surface area (Å²) in [6.45, 7) is 6.63. The molecule has 140 valence electrons. The minimum Gasteiger partial charge on any atom is -0.444 e. The smallest absolute Gasteiger partial charge is 0.407 e. The molecule has 0 aliphatic rings. The molecule has 1 atom stereocenters. The highest BCUT2D eigenvalue weighted by molar-refractivity contribution is 5.80. The first-order valence-electron chi connectivity index (χ1n) is 8.18. The Morgan fingerprint density at radius 1 is 1.38 bits per heavy atom. The van der Waals surface area contributed by atoms with E-state index in [0.29, 0.717) is 16.6 Å². The van der Waals surface area contributed by atoms with E-state index >= 15 is 0 Å². The number of hydrogen-bond acceptors (Lipinski definition) is 4. The van der Waals surface area contributed by atoms with Crippen LogP contribution in [0.25, 0.3) is 10.9 Å². The van der Waals surface area contributed by atoms with Gasteiger partial charge in [-0.2, -0.15) is 0 Å². The van der Waals surface area contributed by atoms with E-state index in [1.54, 1.807) is 52.0 Å². The highest BCUT2D eigenvalue weighted by atomic mass is 19.1. The molecule has 1 heterocycles. The first-order chi connectivity index (χ1) is 12.1. The second kappa shape index (κ2) is 7.70. The monoisotopic (exact) mass is 362 g/mol. The van der Waals surface area contributed by atoms with Crippen molar-refractivity contribution in [3.05, 3.63) is 57.6 Å².